The van der Waals surface area contributed by atoms with E-state index in [1.807, 2.05) is 12.1 Å². The van der Waals surface area contributed by atoms with Crippen LogP contribution in [0.15, 0.2) is 36.5 Å². The summed E-state index contributed by atoms with van der Waals surface area (Å²) in [6.07, 6.45) is 4.04. The maximum absolute atomic E-state index is 12.6. The smallest absolute Gasteiger partial charge is 0.274 e. The molecular weight excluding hydrogens is 330 g/mol. The normalized spacial score (nSPS) is 14.8. The van der Waals surface area contributed by atoms with Gasteiger partial charge in [-0.1, -0.05) is 6.92 Å². The van der Waals surface area contributed by atoms with Crippen LogP contribution in [0.3, 0.4) is 0 Å². The Morgan fingerprint density at radius 2 is 1.85 bits per heavy atom. The van der Waals surface area contributed by atoms with Gasteiger partial charge in [0.1, 0.15) is 5.69 Å². The predicted octanol–water partition coefficient (Wildman–Crippen LogP) is 3.59. The molecule has 1 aromatic carbocycles. The van der Waals surface area contributed by atoms with E-state index in [-0.39, 0.29) is 5.91 Å². The molecule has 2 aromatic rings. The molecule has 0 atom stereocenters. The number of amides is 1. The molecule has 1 fully saturated rings. The molecule has 1 N–H and O–H groups in total. The molecule has 0 aliphatic carbocycles. The number of methoxy groups -OCH3 is 2. The predicted molar refractivity (Wildman–Crippen MR) is 102 cm³/mol. The van der Waals surface area contributed by atoms with Gasteiger partial charge in [-0.25, -0.2) is 0 Å². The fraction of sp³-hybridized carbons (Fsp3) is 0.400. The number of pyridine rings is 1. The van der Waals surface area contributed by atoms with Crippen LogP contribution in [0.25, 0.3) is 0 Å². The number of rotatable bonds is 5. The lowest BCUT2D eigenvalue weighted by Gasteiger charge is -2.32. The minimum Gasteiger partial charge on any atom is -0.493 e. The first-order valence-electron chi connectivity index (χ1n) is 8.85. The van der Waals surface area contributed by atoms with Gasteiger partial charge in [0.05, 0.1) is 14.2 Å². The van der Waals surface area contributed by atoms with E-state index in [1.54, 1.807) is 38.6 Å². The first-order chi connectivity index (χ1) is 12.6. The maximum Gasteiger partial charge on any atom is 0.274 e. The van der Waals surface area contributed by atoms with Crippen LogP contribution in [-0.4, -0.2) is 38.2 Å². The number of carbonyl (C=O) groups excluding carboxylic acids is 1. The molecule has 0 saturated carbocycles. The van der Waals surface area contributed by atoms with Gasteiger partial charge in [0, 0.05) is 36.7 Å². The van der Waals surface area contributed by atoms with Crippen LogP contribution in [0.2, 0.25) is 0 Å². The fourth-order valence-electron chi connectivity index (χ4n) is 3.12. The minimum atomic E-state index is -0.246. The van der Waals surface area contributed by atoms with Gasteiger partial charge in [-0.3, -0.25) is 9.78 Å². The third-order valence-corrected chi connectivity index (χ3v) is 4.77. The van der Waals surface area contributed by atoms with Crippen molar-refractivity contribution in [3.63, 3.8) is 0 Å². The van der Waals surface area contributed by atoms with Crippen molar-refractivity contribution in [3.8, 4) is 11.5 Å². The minimum absolute atomic E-state index is 0.246. The molecular formula is C20H25N3O3. The summed E-state index contributed by atoms with van der Waals surface area (Å²) >= 11 is 0. The lowest BCUT2D eigenvalue weighted by molar-refractivity contribution is 0.102. The van der Waals surface area contributed by atoms with E-state index in [1.165, 1.54) is 12.8 Å². The summed E-state index contributed by atoms with van der Waals surface area (Å²) in [6, 6.07) is 9.07. The van der Waals surface area contributed by atoms with Crippen LogP contribution in [0, 0.1) is 5.92 Å². The van der Waals surface area contributed by atoms with Gasteiger partial charge in [-0.2, -0.15) is 0 Å². The van der Waals surface area contributed by atoms with Gasteiger partial charge < -0.3 is 19.7 Å². The van der Waals surface area contributed by atoms with Gasteiger partial charge in [-0.05, 0) is 43.0 Å². The molecule has 1 aliphatic rings. The van der Waals surface area contributed by atoms with E-state index in [2.05, 4.69) is 22.1 Å². The Kier molecular flexibility index (Phi) is 5.61. The quantitative estimate of drug-likeness (QED) is 0.888. The average molecular weight is 355 g/mol. The van der Waals surface area contributed by atoms with Crippen molar-refractivity contribution in [2.24, 2.45) is 5.92 Å². The van der Waals surface area contributed by atoms with E-state index in [9.17, 15) is 4.79 Å². The topological polar surface area (TPSA) is 63.7 Å². The van der Waals surface area contributed by atoms with Crippen LogP contribution >= 0.6 is 0 Å². The van der Waals surface area contributed by atoms with E-state index in [4.69, 9.17) is 9.47 Å². The van der Waals surface area contributed by atoms with Gasteiger partial charge in [0.15, 0.2) is 11.5 Å². The number of hydrogen-bond acceptors (Lipinski definition) is 5. The summed E-state index contributed by atoms with van der Waals surface area (Å²) in [5.41, 5.74) is 2.08. The molecule has 138 valence electrons. The molecule has 1 amide bonds. The highest BCUT2D eigenvalue weighted by atomic mass is 16.5. The molecule has 26 heavy (non-hydrogen) atoms. The lowest BCUT2D eigenvalue weighted by Crippen LogP contribution is -2.33. The molecule has 1 aliphatic heterocycles. The van der Waals surface area contributed by atoms with Crippen molar-refractivity contribution in [2.75, 3.05) is 37.5 Å². The van der Waals surface area contributed by atoms with Crippen molar-refractivity contribution in [3.05, 3.63) is 42.2 Å². The SMILES string of the molecule is COc1ccc(NC(=O)c2cc(N3CCC(C)CC3)ccn2)cc1OC. The number of nitrogens with one attached hydrogen (secondary N) is 1. The second kappa shape index (κ2) is 8.08. The number of ether oxygens (including phenoxy) is 2. The molecule has 0 radical (unpaired) electrons. The van der Waals surface area contributed by atoms with E-state index in [0.29, 0.717) is 22.9 Å². The number of benzene rings is 1. The Balaban J connectivity index is 1.73. The number of hydrogen-bond donors (Lipinski definition) is 1. The average Bonchev–Trinajstić information content (AvgIpc) is 2.68. The summed E-state index contributed by atoms with van der Waals surface area (Å²) in [5.74, 6) is 1.70. The monoisotopic (exact) mass is 355 g/mol. The zero-order chi connectivity index (χ0) is 18.5. The maximum atomic E-state index is 12.6. The highest BCUT2D eigenvalue weighted by Gasteiger charge is 2.18. The van der Waals surface area contributed by atoms with Crippen LogP contribution in [-0.2, 0) is 0 Å². The first kappa shape index (κ1) is 18.0. The third kappa shape index (κ3) is 4.07. The fourth-order valence-corrected chi connectivity index (χ4v) is 3.12. The van der Waals surface area contributed by atoms with Gasteiger partial charge in [0.2, 0.25) is 0 Å². The Morgan fingerprint density at radius 3 is 2.54 bits per heavy atom. The standard InChI is InChI=1S/C20H25N3O3/c1-14-7-10-23(11-8-14)16-6-9-21-17(13-16)20(24)22-15-4-5-18(25-2)19(12-15)26-3/h4-6,9,12-14H,7-8,10-11H2,1-3H3,(H,22,24). The van der Waals surface area contributed by atoms with E-state index < -0.39 is 0 Å². The van der Waals surface area contributed by atoms with Gasteiger partial charge in [0.25, 0.3) is 5.91 Å². The Morgan fingerprint density at radius 1 is 1.12 bits per heavy atom. The molecule has 0 spiro atoms. The first-order valence-corrected chi connectivity index (χ1v) is 8.85. The summed E-state index contributed by atoms with van der Waals surface area (Å²) in [6.45, 7) is 4.32. The van der Waals surface area contributed by atoms with Crippen molar-refractivity contribution in [1.29, 1.82) is 0 Å². The molecule has 6 nitrogen and oxygen atoms in total. The van der Waals surface area contributed by atoms with Crippen LogP contribution in [0.4, 0.5) is 11.4 Å². The van der Waals surface area contributed by atoms with Crippen molar-refractivity contribution < 1.29 is 14.3 Å². The highest BCUT2D eigenvalue weighted by Crippen LogP contribution is 2.30. The largest absolute Gasteiger partial charge is 0.493 e. The number of nitrogens with zero attached hydrogens (tertiary/aromatic N) is 2. The highest BCUT2D eigenvalue weighted by molar-refractivity contribution is 6.03. The van der Waals surface area contributed by atoms with Gasteiger partial charge >= 0.3 is 0 Å². The van der Waals surface area contributed by atoms with Crippen LogP contribution in [0.1, 0.15) is 30.3 Å². The molecule has 0 unspecified atom stereocenters. The summed E-state index contributed by atoms with van der Waals surface area (Å²) < 4.78 is 10.5. The zero-order valence-electron chi connectivity index (χ0n) is 15.5. The second-order valence-corrected chi connectivity index (χ2v) is 6.59. The Bertz CT molecular complexity index is 771. The number of piperidine rings is 1. The molecule has 1 aromatic heterocycles. The summed E-state index contributed by atoms with van der Waals surface area (Å²) in [5, 5.41) is 2.87. The van der Waals surface area contributed by atoms with Crippen LogP contribution < -0.4 is 19.7 Å². The van der Waals surface area contributed by atoms with Crippen molar-refractivity contribution in [2.45, 2.75) is 19.8 Å². The molecule has 0 bridgehead atoms. The molecule has 1 saturated heterocycles. The van der Waals surface area contributed by atoms with E-state index in [0.717, 1.165) is 24.7 Å². The number of carbonyl (C=O) groups is 1. The Hall–Kier alpha value is -2.76. The van der Waals surface area contributed by atoms with Crippen LogP contribution in [0.5, 0.6) is 11.5 Å². The lowest BCUT2D eigenvalue weighted by atomic mass is 9.99. The van der Waals surface area contributed by atoms with E-state index >= 15 is 0 Å². The molecule has 6 heteroatoms. The molecule has 3 rings (SSSR count). The summed E-state index contributed by atoms with van der Waals surface area (Å²) in [4.78, 5) is 19.1. The third-order valence-electron chi connectivity index (χ3n) is 4.77. The number of anilines is 2. The van der Waals surface area contributed by atoms with Crippen molar-refractivity contribution >= 4 is 17.3 Å². The zero-order valence-corrected chi connectivity index (χ0v) is 15.5. The molecule has 2 heterocycles. The number of aromatic nitrogens is 1. The second-order valence-electron chi connectivity index (χ2n) is 6.59. The van der Waals surface area contributed by atoms with Gasteiger partial charge in [-0.15, -0.1) is 0 Å². The summed E-state index contributed by atoms with van der Waals surface area (Å²) in [7, 11) is 3.14. The van der Waals surface area contributed by atoms with Crippen molar-refractivity contribution in [1.82, 2.24) is 4.98 Å². The Labute approximate surface area is 154 Å².